The van der Waals surface area contributed by atoms with Crippen LogP contribution in [0.5, 0.6) is 0 Å². The van der Waals surface area contributed by atoms with Crippen molar-refractivity contribution in [2.75, 3.05) is 0 Å². The molecule has 0 fully saturated rings. The van der Waals surface area contributed by atoms with E-state index < -0.39 is 5.92 Å². The van der Waals surface area contributed by atoms with Crippen LogP contribution < -0.4 is 5.73 Å². The summed E-state index contributed by atoms with van der Waals surface area (Å²) in [6, 6.07) is 22.9. The van der Waals surface area contributed by atoms with Crippen molar-refractivity contribution in [2.24, 2.45) is 5.73 Å². The van der Waals surface area contributed by atoms with E-state index in [9.17, 15) is 10.5 Å². The van der Waals surface area contributed by atoms with Crippen LogP contribution in [-0.2, 0) is 4.74 Å². The number of nitrogens with zero attached hydrogens (tertiary/aromatic N) is 2. The highest BCUT2D eigenvalue weighted by Crippen LogP contribution is 2.41. The fraction of sp³-hybridized carbons (Fsp3) is 0.0526. The van der Waals surface area contributed by atoms with Crippen molar-refractivity contribution in [1.29, 1.82) is 10.5 Å². The molecule has 1 atom stereocenters. The Morgan fingerprint density at radius 1 is 0.826 bits per heavy atom. The molecule has 23 heavy (non-hydrogen) atoms. The van der Waals surface area contributed by atoms with Crippen LogP contribution >= 0.6 is 0 Å². The quantitative estimate of drug-likeness (QED) is 0.920. The fourth-order valence-electron chi connectivity index (χ4n) is 2.66. The van der Waals surface area contributed by atoms with Gasteiger partial charge in [0.15, 0.2) is 5.76 Å². The average Bonchev–Trinajstić information content (AvgIpc) is 2.62. The maximum atomic E-state index is 9.69. The summed E-state index contributed by atoms with van der Waals surface area (Å²) in [5.41, 5.74) is 8.18. The first-order chi connectivity index (χ1) is 11.3. The SMILES string of the molecule is N#CC1=C(N)OC(c2ccccc2)=C(C#N)C1c1ccccc1. The van der Waals surface area contributed by atoms with Gasteiger partial charge in [-0.1, -0.05) is 60.7 Å². The minimum absolute atomic E-state index is 0.0409. The van der Waals surface area contributed by atoms with Crippen LogP contribution in [0.15, 0.2) is 77.7 Å². The van der Waals surface area contributed by atoms with Crippen LogP contribution in [-0.4, -0.2) is 0 Å². The van der Waals surface area contributed by atoms with Crippen molar-refractivity contribution < 1.29 is 4.74 Å². The van der Waals surface area contributed by atoms with Crippen molar-refractivity contribution in [3.63, 3.8) is 0 Å². The lowest BCUT2D eigenvalue weighted by atomic mass is 9.83. The predicted octanol–water partition coefficient (Wildman–Crippen LogP) is 3.43. The third-order valence-electron chi connectivity index (χ3n) is 3.71. The first kappa shape index (κ1) is 14.4. The standard InChI is InChI=1S/C19H13N3O/c20-11-15-17(13-7-3-1-4-8-13)16(12-21)19(22)23-18(15)14-9-5-2-6-10-14/h1-10,17H,22H2. The first-order valence-electron chi connectivity index (χ1n) is 7.08. The lowest BCUT2D eigenvalue weighted by Crippen LogP contribution is -2.20. The first-order valence-corrected chi connectivity index (χ1v) is 7.08. The van der Waals surface area contributed by atoms with E-state index in [0.29, 0.717) is 11.3 Å². The molecular formula is C19H13N3O. The number of allylic oxidation sites excluding steroid dienone is 2. The molecular weight excluding hydrogens is 286 g/mol. The molecule has 0 aromatic heterocycles. The van der Waals surface area contributed by atoms with Crippen LogP contribution in [0.4, 0.5) is 0 Å². The number of hydrogen-bond acceptors (Lipinski definition) is 4. The maximum absolute atomic E-state index is 9.69. The molecule has 2 N–H and O–H groups in total. The van der Waals surface area contributed by atoms with Crippen LogP contribution in [0.2, 0.25) is 0 Å². The topological polar surface area (TPSA) is 82.8 Å². The van der Waals surface area contributed by atoms with Gasteiger partial charge in [-0.2, -0.15) is 10.5 Å². The summed E-state index contributed by atoms with van der Waals surface area (Å²) in [4.78, 5) is 0. The molecule has 1 unspecified atom stereocenters. The normalized spacial score (nSPS) is 17.2. The Hall–Kier alpha value is -3.50. The van der Waals surface area contributed by atoms with Crippen molar-refractivity contribution in [3.8, 4) is 12.1 Å². The van der Waals surface area contributed by atoms with E-state index in [1.54, 1.807) is 0 Å². The van der Waals surface area contributed by atoms with Gasteiger partial charge in [0, 0.05) is 5.56 Å². The van der Waals surface area contributed by atoms with Crippen molar-refractivity contribution in [1.82, 2.24) is 0 Å². The lowest BCUT2D eigenvalue weighted by Gasteiger charge is -2.26. The van der Waals surface area contributed by atoms with Crippen LogP contribution in [0.1, 0.15) is 17.0 Å². The number of benzene rings is 2. The summed E-state index contributed by atoms with van der Waals surface area (Å²) < 4.78 is 5.62. The smallest absolute Gasteiger partial charge is 0.205 e. The molecule has 0 aliphatic carbocycles. The molecule has 2 aromatic rings. The molecule has 0 bridgehead atoms. The Morgan fingerprint density at radius 3 is 1.96 bits per heavy atom. The van der Waals surface area contributed by atoms with Gasteiger partial charge >= 0.3 is 0 Å². The van der Waals surface area contributed by atoms with E-state index in [0.717, 1.165) is 11.1 Å². The van der Waals surface area contributed by atoms with Gasteiger partial charge in [0.05, 0.1) is 17.6 Å². The Morgan fingerprint density at radius 2 is 1.39 bits per heavy atom. The van der Waals surface area contributed by atoms with Crippen molar-refractivity contribution >= 4 is 5.76 Å². The summed E-state index contributed by atoms with van der Waals surface area (Å²) in [6.45, 7) is 0. The number of nitrogens with two attached hydrogens (primary N) is 1. The van der Waals surface area contributed by atoms with Gasteiger partial charge < -0.3 is 10.5 Å². The molecule has 0 amide bonds. The molecule has 0 saturated heterocycles. The Bertz CT molecular complexity index is 868. The monoisotopic (exact) mass is 299 g/mol. The summed E-state index contributed by atoms with van der Waals surface area (Å²) in [7, 11) is 0. The number of nitriles is 2. The molecule has 1 aliphatic heterocycles. The summed E-state index contributed by atoms with van der Waals surface area (Å²) in [5.74, 6) is -0.0761. The van der Waals surface area contributed by atoms with E-state index >= 15 is 0 Å². The summed E-state index contributed by atoms with van der Waals surface area (Å²) >= 11 is 0. The van der Waals surface area contributed by atoms with Gasteiger partial charge in [0.2, 0.25) is 5.88 Å². The minimum Gasteiger partial charge on any atom is -0.439 e. The zero-order chi connectivity index (χ0) is 16.2. The van der Waals surface area contributed by atoms with E-state index in [1.165, 1.54) is 0 Å². The molecule has 110 valence electrons. The van der Waals surface area contributed by atoms with E-state index in [-0.39, 0.29) is 11.5 Å². The molecule has 2 aromatic carbocycles. The van der Waals surface area contributed by atoms with E-state index in [4.69, 9.17) is 10.5 Å². The van der Waals surface area contributed by atoms with Gasteiger partial charge in [-0.25, -0.2) is 0 Å². The highest BCUT2D eigenvalue weighted by molar-refractivity contribution is 5.73. The second kappa shape index (κ2) is 6.09. The number of rotatable bonds is 2. The van der Waals surface area contributed by atoms with Crippen LogP contribution in [0, 0.1) is 22.7 Å². The van der Waals surface area contributed by atoms with Crippen molar-refractivity contribution in [3.05, 3.63) is 88.8 Å². The van der Waals surface area contributed by atoms with Gasteiger partial charge in [0.1, 0.15) is 11.6 Å². The second-order valence-corrected chi connectivity index (χ2v) is 5.06. The van der Waals surface area contributed by atoms with Gasteiger partial charge in [-0.15, -0.1) is 0 Å². The summed E-state index contributed by atoms with van der Waals surface area (Å²) in [6.07, 6.45) is 0. The fourth-order valence-corrected chi connectivity index (χ4v) is 2.66. The number of hydrogen-bond donors (Lipinski definition) is 1. The zero-order valence-electron chi connectivity index (χ0n) is 12.2. The highest BCUT2D eigenvalue weighted by atomic mass is 16.5. The van der Waals surface area contributed by atoms with Crippen molar-refractivity contribution in [2.45, 2.75) is 5.92 Å². The molecule has 0 radical (unpaired) electrons. The van der Waals surface area contributed by atoms with E-state index in [1.807, 2.05) is 60.7 Å². The largest absolute Gasteiger partial charge is 0.439 e. The maximum Gasteiger partial charge on any atom is 0.205 e. The molecule has 1 heterocycles. The second-order valence-electron chi connectivity index (χ2n) is 5.06. The Balaban J connectivity index is 2.23. The molecule has 3 rings (SSSR count). The Kier molecular flexibility index (Phi) is 3.82. The van der Waals surface area contributed by atoms with Gasteiger partial charge in [-0.3, -0.25) is 0 Å². The van der Waals surface area contributed by atoms with Gasteiger partial charge in [0.25, 0.3) is 0 Å². The number of ether oxygens (including phenoxy) is 1. The third kappa shape index (κ3) is 2.54. The molecule has 1 aliphatic rings. The minimum atomic E-state index is -0.518. The summed E-state index contributed by atoms with van der Waals surface area (Å²) in [5, 5.41) is 19.2. The Labute approximate surface area is 134 Å². The molecule has 4 heteroatoms. The lowest BCUT2D eigenvalue weighted by molar-refractivity contribution is 0.357. The van der Waals surface area contributed by atoms with Gasteiger partial charge in [-0.05, 0) is 5.56 Å². The highest BCUT2D eigenvalue weighted by Gasteiger charge is 2.33. The molecule has 0 spiro atoms. The third-order valence-corrected chi connectivity index (χ3v) is 3.71. The average molecular weight is 299 g/mol. The molecule has 4 nitrogen and oxygen atoms in total. The predicted molar refractivity (Wildman–Crippen MR) is 86.1 cm³/mol. The molecule has 0 saturated carbocycles. The van der Waals surface area contributed by atoms with Crippen LogP contribution in [0.25, 0.3) is 5.76 Å². The van der Waals surface area contributed by atoms with Crippen LogP contribution in [0.3, 0.4) is 0 Å². The zero-order valence-corrected chi connectivity index (χ0v) is 12.2. The van der Waals surface area contributed by atoms with E-state index in [2.05, 4.69) is 12.1 Å².